The Hall–Kier alpha value is -2.69. The Balaban J connectivity index is 1.39. The van der Waals surface area contributed by atoms with Crippen LogP contribution in [0.5, 0.6) is 0 Å². The minimum atomic E-state index is -1.07. The van der Waals surface area contributed by atoms with Crippen LogP contribution in [0.2, 0.25) is 0 Å². The van der Waals surface area contributed by atoms with Gasteiger partial charge in [-0.2, -0.15) is 0 Å². The van der Waals surface area contributed by atoms with Crippen LogP contribution in [0.15, 0.2) is 0 Å². The fourth-order valence-corrected chi connectivity index (χ4v) is 8.71. The first-order valence-electron chi connectivity index (χ1n) is 16.1. The number of hydrogen-bond acceptors (Lipinski definition) is 7. The molecule has 43 heavy (non-hydrogen) atoms. The first-order chi connectivity index (χ1) is 20.1. The van der Waals surface area contributed by atoms with E-state index in [1.54, 1.807) is 4.90 Å². The van der Waals surface area contributed by atoms with Crippen LogP contribution in [0.4, 0.5) is 4.79 Å². The zero-order valence-corrected chi connectivity index (χ0v) is 26.5. The van der Waals surface area contributed by atoms with Crippen LogP contribution >= 0.6 is 0 Å². The van der Waals surface area contributed by atoms with Gasteiger partial charge in [-0.15, -0.1) is 0 Å². The predicted octanol–water partition coefficient (Wildman–Crippen LogP) is 2.83. The van der Waals surface area contributed by atoms with Crippen molar-refractivity contribution in [3.05, 3.63) is 0 Å². The Morgan fingerprint density at radius 3 is 2.12 bits per heavy atom. The second kappa shape index (κ2) is 11.3. The van der Waals surface area contributed by atoms with Gasteiger partial charge in [-0.3, -0.25) is 19.2 Å². The van der Waals surface area contributed by atoms with E-state index in [1.165, 1.54) is 0 Å². The van der Waals surface area contributed by atoms with E-state index in [0.717, 1.165) is 38.5 Å². The summed E-state index contributed by atoms with van der Waals surface area (Å²) in [7, 11) is 0. The van der Waals surface area contributed by atoms with Crippen molar-refractivity contribution < 1.29 is 33.4 Å². The molecule has 11 heteroatoms. The zero-order valence-electron chi connectivity index (χ0n) is 26.5. The molecule has 0 aromatic carbocycles. The zero-order chi connectivity index (χ0) is 31.4. The number of nitrogens with one attached hydrogen (secondary N) is 2. The molecule has 11 nitrogen and oxygen atoms in total. The number of carbonyl (C=O) groups excluding carboxylic acids is 5. The van der Waals surface area contributed by atoms with Crippen LogP contribution in [-0.2, 0) is 28.7 Å². The molecule has 5 fully saturated rings. The lowest BCUT2D eigenvalue weighted by atomic mass is 9.73. The van der Waals surface area contributed by atoms with Gasteiger partial charge in [0.05, 0.1) is 19.3 Å². The van der Waals surface area contributed by atoms with Gasteiger partial charge < -0.3 is 30.7 Å². The first kappa shape index (κ1) is 31.7. The van der Waals surface area contributed by atoms with Gasteiger partial charge in [0.2, 0.25) is 17.6 Å². The standard InChI is InChI=1S/C32H50N4O7/c1-29(2,3)24(35-28(41)43-20-10-14-42-15-11-20)27(40)36-18-32(30(4,5)31(32)12-7-13-31)17-22(36)26(39)34-21(23(37)25(33)38)16-19-8-6-9-19/h19-22,24H,6-18H2,1-5H3,(H2,33,38)(H,34,39)(H,35,41)/t21?,22-,24+,32+/m0/s1. The molecule has 3 saturated carbocycles. The van der Waals surface area contributed by atoms with Crippen molar-refractivity contribution in [3.63, 3.8) is 0 Å². The van der Waals surface area contributed by atoms with E-state index in [4.69, 9.17) is 15.2 Å². The monoisotopic (exact) mass is 602 g/mol. The third kappa shape index (κ3) is 5.44. The fourth-order valence-electron chi connectivity index (χ4n) is 8.71. The molecule has 2 heterocycles. The molecule has 0 aromatic rings. The number of primary amides is 1. The number of rotatable bonds is 9. The molecular weight excluding hydrogens is 552 g/mol. The summed E-state index contributed by atoms with van der Waals surface area (Å²) in [6.45, 7) is 11.5. The van der Waals surface area contributed by atoms with Crippen LogP contribution in [0.25, 0.3) is 0 Å². The number of likely N-dealkylation sites (tertiary alicyclic amines) is 1. The molecule has 2 spiro atoms. The molecule has 0 radical (unpaired) electrons. The molecule has 5 aliphatic rings. The van der Waals surface area contributed by atoms with Crippen LogP contribution < -0.4 is 16.4 Å². The molecular formula is C32H50N4O7. The summed E-state index contributed by atoms with van der Waals surface area (Å²) in [6.07, 6.45) is 7.26. The van der Waals surface area contributed by atoms with Crippen molar-refractivity contribution >= 4 is 29.6 Å². The molecule has 240 valence electrons. The molecule has 4 amide bonds. The van der Waals surface area contributed by atoms with Gasteiger partial charge in [-0.25, -0.2) is 4.79 Å². The van der Waals surface area contributed by atoms with Gasteiger partial charge in [0, 0.05) is 24.8 Å². The van der Waals surface area contributed by atoms with Gasteiger partial charge in [0.15, 0.2) is 0 Å². The van der Waals surface area contributed by atoms with Crippen LogP contribution in [0, 0.1) is 27.6 Å². The van der Waals surface area contributed by atoms with Crippen LogP contribution in [-0.4, -0.2) is 78.5 Å². The second-order valence-corrected chi connectivity index (χ2v) is 15.3. The van der Waals surface area contributed by atoms with Crippen LogP contribution in [0.1, 0.15) is 98.8 Å². The summed E-state index contributed by atoms with van der Waals surface area (Å²) >= 11 is 0. The topological polar surface area (TPSA) is 157 Å². The summed E-state index contributed by atoms with van der Waals surface area (Å²) in [6, 6.07) is -2.79. The normalized spacial score (nSPS) is 29.2. The molecule has 3 aliphatic carbocycles. The predicted molar refractivity (Wildman–Crippen MR) is 157 cm³/mol. The van der Waals surface area contributed by atoms with Crippen LogP contribution in [0.3, 0.4) is 0 Å². The number of alkyl carbamates (subject to hydrolysis) is 1. The van der Waals surface area contributed by atoms with Crippen molar-refractivity contribution in [2.45, 2.75) is 123 Å². The molecule has 0 bridgehead atoms. The lowest BCUT2D eigenvalue weighted by Gasteiger charge is -2.36. The maximum atomic E-state index is 14.5. The average Bonchev–Trinajstić information content (AvgIpc) is 3.11. The quantitative estimate of drug-likeness (QED) is 0.343. The van der Waals surface area contributed by atoms with E-state index in [-0.39, 0.29) is 34.2 Å². The Morgan fingerprint density at radius 2 is 1.63 bits per heavy atom. The highest BCUT2D eigenvalue weighted by Gasteiger charge is 2.85. The number of ether oxygens (including phenoxy) is 2. The fraction of sp³-hybridized carbons (Fsp3) is 0.844. The van der Waals surface area contributed by atoms with Crippen molar-refractivity contribution in [1.82, 2.24) is 15.5 Å². The van der Waals surface area contributed by atoms with E-state index in [0.29, 0.717) is 45.4 Å². The smallest absolute Gasteiger partial charge is 0.408 e. The summed E-state index contributed by atoms with van der Waals surface area (Å²) in [4.78, 5) is 67.8. The average molecular weight is 603 g/mol. The number of nitrogens with two attached hydrogens (primary N) is 1. The van der Waals surface area contributed by atoms with E-state index in [2.05, 4.69) is 24.5 Å². The van der Waals surface area contributed by atoms with Gasteiger partial charge in [-0.1, -0.05) is 60.3 Å². The maximum absolute atomic E-state index is 14.5. The van der Waals surface area contributed by atoms with Crippen molar-refractivity contribution in [2.75, 3.05) is 19.8 Å². The number of ketones is 1. The SMILES string of the molecule is CC(C)(C)[C@H](NC(=O)OC1CCOCC1)C(=O)N1C[C@]2(C[C@H]1C(=O)NC(CC1CCC1)C(=O)C(N)=O)C(C)(C)C21CCC1. The maximum Gasteiger partial charge on any atom is 0.408 e. The highest BCUT2D eigenvalue weighted by atomic mass is 16.6. The molecule has 4 N–H and O–H groups in total. The Labute approximate surface area is 254 Å². The van der Waals surface area contributed by atoms with Gasteiger partial charge in [0.1, 0.15) is 18.2 Å². The minimum absolute atomic E-state index is 0.0627. The van der Waals surface area contributed by atoms with E-state index < -0.39 is 47.2 Å². The number of fused-ring (bicyclic) bond motifs is 1. The number of nitrogens with zero attached hydrogens (tertiary/aromatic N) is 1. The van der Waals surface area contributed by atoms with E-state index in [1.807, 2.05) is 20.8 Å². The lowest BCUT2D eigenvalue weighted by Crippen LogP contribution is -2.59. The highest BCUT2D eigenvalue weighted by molar-refractivity contribution is 6.37. The Morgan fingerprint density at radius 1 is 0.977 bits per heavy atom. The highest BCUT2D eigenvalue weighted by Crippen LogP contribution is 2.88. The summed E-state index contributed by atoms with van der Waals surface area (Å²) in [5.74, 6) is -2.42. The van der Waals surface area contributed by atoms with Crippen molar-refractivity contribution in [3.8, 4) is 0 Å². The van der Waals surface area contributed by atoms with Crippen molar-refractivity contribution in [2.24, 2.45) is 33.3 Å². The number of hydrogen-bond donors (Lipinski definition) is 3. The molecule has 0 aromatic heterocycles. The number of carbonyl (C=O) groups is 5. The summed E-state index contributed by atoms with van der Waals surface area (Å²) < 4.78 is 11.0. The summed E-state index contributed by atoms with van der Waals surface area (Å²) in [5.41, 5.74) is 4.45. The molecule has 4 atom stereocenters. The lowest BCUT2D eigenvalue weighted by molar-refractivity contribution is -0.143. The first-order valence-corrected chi connectivity index (χ1v) is 16.1. The number of amides is 4. The molecule has 2 aliphatic heterocycles. The molecule has 2 saturated heterocycles. The largest absolute Gasteiger partial charge is 0.446 e. The van der Waals surface area contributed by atoms with Gasteiger partial charge in [-0.05, 0) is 47.8 Å². The third-order valence-electron chi connectivity index (χ3n) is 11.9. The minimum Gasteiger partial charge on any atom is -0.446 e. The van der Waals surface area contributed by atoms with Gasteiger partial charge >= 0.3 is 6.09 Å². The number of Topliss-reactive ketones (excluding diaryl/α,β-unsaturated/α-hetero) is 1. The summed E-state index contributed by atoms with van der Waals surface area (Å²) in [5, 5.41) is 5.68. The van der Waals surface area contributed by atoms with E-state index in [9.17, 15) is 24.0 Å². The van der Waals surface area contributed by atoms with Crippen molar-refractivity contribution in [1.29, 1.82) is 0 Å². The second-order valence-electron chi connectivity index (χ2n) is 15.3. The third-order valence-corrected chi connectivity index (χ3v) is 11.9. The van der Waals surface area contributed by atoms with E-state index >= 15 is 0 Å². The Kier molecular flexibility index (Phi) is 8.37. The van der Waals surface area contributed by atoms with Gasteiger partial charge in [0.25, 0.3) is 5.91 Å². The molecule has 5 rings (SSSR count). The Bertz CT molecular complexity index is 1150. The molecule has 1 unspecified atom stereocenters.